The van der Waals surface area contributed by atoms with Gasteiger partial charge >= 0.3 is 0 Å². The first kappa shape index (κ1) is 14.3. The van der Waals surface area contributed by atoms with E-state index in [0.717, 1.165) is 0 Å². The van der Waals surface area contributed by atoms with Crippen LogP contribution in [0.4, 0.5) is 5.69 Å². The second-order valence-corrected chi connectivity index (χ2v) is 5.34. The summed E-state index contributed by atoms with van der Waals surface area (Å²) in [6, 6.07) is 8.53. The second-order valence-electron chi connectivity index (χ2n) is 3.67. The summed E-state index contributed by atoms with van der Waals surface area (Å²) in [6.07, 6.45) is 0. The van der Waals surface area contributed by atoms with Crippen LogP contribution in [0.3, 0.4) is 0 Å². The van der Waals surface area contributed by atoms with Gasteiger partial charge in [0.25, 0.3) is 0 Å². The second kappa shape index (κ2) is 5.90. The Bertz CT molecular complexity index is 620. The van der Waals surface area contributed by atoms with Crippen LogP contribution in [-0.2, 0) is 0 Å². The normalized spacial score (nSPS) is 10.3. The summed E-state index contributed by atoms with van der Waals surface area (Å²) < 4.78 is 11.5. The predicted molar refractivity (Wildman–Crippen MR) is 81.6 cm³/mol. The lowest BCUT2D eigenvalue weighted by atomic mass is 10.2. The Morgan fingerprint density at radius 2 is 1.74 bits per heavy atom. The monoisotopic (exact) mass is 361 g/mol. The zero-order chi connectivity index (χ0) is 14.0. The largest absolute Gasteiger partial charge is 0.494 e. The van der Waals surface area contributed by atoms with Crippen LogP contribution in [0.25, 0.3) is 0 Å². The average molecular weight is 363 g/mol. The van der Waals surface area contributed by atoms with Crippen molar-refractivity contribution in [2.75, 3.05) is 12.8 Å². The molecule has 0 saturated heterocycles. The number of para-hydroxylation sites is 1. The van der Waals surface area contributed by atoms with E-state index in [-0.39, 0.29) is 0 Å². The molecule has 0 aromatic heterocycles. The van der Waals surface area contributed by atoms with Crippen molar-refractivity contribution in [3.63, 3.8) is 0 Å². The van der Waals surface area contributed by atoms with E-state index in [9.17, 15) is 0 Å². The van der Waals surface area contributed by atoms with E-state index in [2.05, 4.69) is 15.9 Å². The summed E-state index contributed by atoms with van der Waals surface area (Å²) in [7, 11) is 1.54. The molecule has 2 rings (SSSR count). The first-order valence-corrected chi connectivity index (χ1v) is 6.82. The number of ether oxygens (including phenoxy) is 2. The van der Waals surface area contributed by atoms with Crippen molar-refractivity contribution in [2.45, 2.75) is 0 Å². The Balaban J connectivity index is 2.39. The van der Waals surface area contributed by atoms with Gasteiger partial charge < -0.3 is 15.2 Å². The van der Waals surface area contributed by atoms with Crippen LogP contribution in [0.5, 0.6) is 17.2 Å². The molecule has 3 nitrogen and oxygen atoms in total. The molecule has 0 atom stereocenters. The molecular weight excluding hydrogens is 353 g/mol. The minimum atomic E-state index is 0.403. The quantitative estimate of drug-likeness (QED) is 0.607. The van der Waals surface area contributed by atoms with Gasteiger partial charge in [-0.3, -0.25) is 0 Å². The zero-order valence-electron chi connectivity index (χ0n) is 9.91. The van der Waals surface area contributed by atoms with Crippen LogP contribution in [0.2, 0.25) is 10.0 Å². The Labute approximate surface area is 129 Å². The number of benzene rings is 2. The van der Waals surface area contributed by atoms with Crippen molar-refractivity contribution in [1.29, 1.82) is 0 Å². The lowest BCUT2D eigenvalue weighted by Gasteiger charge is -2.12. The van der Waals surface area contributed by atoms with Gasteiger partial charge in [-0.25, -0.2) is 0 Å². The standard InChI is InChI=1S/C13H10BrCl2NO2/c1-18-10-3-2-4-11(13(10)17)19-12-6-8(15)7(14)5-9(12)16/h2-6H,17H2,1H3. The molecular formula is C13H10BrCl2NO2. The molecule has 2 aromatic carbocycles. The highest BCUT2D eigenvalue weighted by Crippen LogP contribution is 2.39. The topological polar surface area (TPSA) is 44.5 Å². The van der Waals surface area contributed by atoms with Gasteiger partial charge in [-0.1, -0.05) is 29.3 Å². The molecule has 0 heterocycles. The fraction of sp³-hybridized carbons (Fsp3) is 0.0769. The van der Waals surface area contributed by atoms with E-state index in [1.54, 1.807) is 37.4 Å². The van der Waals surface area contributed by atoms with Gasteiger partial charge in [0.05, 0.1) is 17.2 Å². The summed E-state index contributed by atoms with van der Waals surface area (Å²) in [5.74, 6) is 1.42. The van der Waals surface area contributed by atoms with Crippen LogP contribution in [0, 0.1) is 0 Å². The maximum Gasteiger partial charge on any atom is 0.154 e. The number of hydrogen-bond acceptors (Lipinski definition) is 3. The fourth-order valence-electron chi connectivity index (χ4n) is 1.49. The highest BCUT2D eigenvalue weighted by molar-refractivity contribution is 9.10. The Morgan fingerprint density at radius 3 is 2.42 bits per heavy atom. The molecule has 2 aromatic rings. The predicted octanol–water partition coefficient (Wildman–Crippen LogP) is 5.14. The first-order chi connectivity index (χ1) is 9.02. The van der Waals surface area contributed by atoms with Crippen molar-refractivity contribution in [3.8, 4) is 17.2 Å². The van der Waals surface area contributed by atoms with Gasteiger partial charge in [0.1, 0.15) is 17.2 Å². The van der Waals surface area contributed by atoms with E-state index in [4.69, 9.17) is 38.4 Å². The van der Waals surface area contributed by atoms with Crippen LogP contribution in [0.1, 0.15) is 0 Å². The maximum atomic E-state index is 6.09. The molecule has 100 valence electrons. The molecule has 0 amide bonds. The molecule has 0 saturated carbocycles. The van der Waals surface area contributed by atoms with E-state index in [0.29, 0.717) is 37.5 Å². The van der Waals surface area contributed by atoms with Gasteiger partial charge in [-0.2, -0.15) is 0 Å². The highest BCUT2D eigenvalue weighted by atomic mass is 79.9. The summed E-state index contributed by atoms with van der Waals surface area (Å²) >= 11 is 15.4. The number of nitrogen functional groups attached to an aromatic ring is 1. The number of halogens is 3. The SMILES string of the molecule is COc1cccc(Oc2cc(Cl)c(Br)cc2Cl)c1N. The van der Waals surface area contributed by atoms with E-state index in [1.165, 1.54) is 0 Å². The number of hydrogen-bond donors (Lipinski definition) is 1. The first-order valence-electron chi connectivity index (χ1n) is 5.27. The molecule has 6 heteroatoms. The van der Waals surface area contributed by atoms with Crippen molar-refractivity contribution in [2.24, 2.45) is 0 Å². The van der Waals surface area contributed by atoms with Crippen molar-refractivity contribution >= 4 is 44.8 Å². The Hall–Kier alpha value is -1.10. The summed E-state index contributed by atoms with van der Waals surface area (Å²) in [5.41, 5.74) is 6.33. The number of anilines is 1. The average Bonchev–Trinajstić information content (AvgIpc) is 2.38. The molecule has 0 spiro atoms. The summed E-state index contributed by atoms with van der Waals surface area (Å²) in [4.78, 5) is 0. The van der Waals surface area contributed by atoms with Gasteiger partial charge in [-0.15, -0.1) is 0 Å². The van der Waals surface area contributed by atoms with Crippen molar-refractivity contribution in [1.82, 2.24) is 0 Å². The Kier molecular flexibility index (Phi) is 4.45. The molecule has 0 radical (unpaired) electrons. The van der Waals surface area contributed by atoms with Gasteiger partial charge in [0.15, 0.2) is 5.75 Å². The minimum Gasteiger partial charge on any atom is -0.494 e. The third-order valence-corrected chi connectivity index (χ3v) is 3.93. The lowest BCUT2D eigenvalue weighted by molar-refractivity contribution is 0.412. The minimum absolute atomic E-state index is 0.403. The van der Waals surface area contributed by atoms with Crippen molar-refractivity contribution in [3.05, 3.63) is 44.8 Å². The van der Waals surface area contributed by atoms with Crippen LogP contribution < -0.4 is 15.2 Å². The van der Waals surface area contributed by atoms with Gasteiger partial charge in [0, 0.05) is 10.5 Å². The van der Waals surface area contributed by atoms with Crippen LogP contribution >= 0.6 is 39.1 Å². The number of methoxy groups -OCH3 is 1. The molecule has 0 bridgehead atoms. The Morgan fingerprint density at radius 1 is 1.05 bits per heavy atom. The fourth-order valence-corrected chi connectivity index (χ4v) is 2.32. The third kappa shape index (κ3) is 3.08. The van der Waals surface area contributed by atoms with Crippen LogP contribution in [-0.4, -0.2) is 7.11 Å². The number of nitrogens with two attached hydrogens (primary N) is 1. The van der Waals surface area contributed by atoms with E-state index < -0.39 is 0 Å². The molecule has 0 aliphatic carbocycles. The van der Waals surface area contributed by atoms with Crippen molar-refractivity contribution < 1.29 is 9.47 Å². The summed E-state index contributed by atoms with van der Waals surface area (Å²) in [5, 5.41) is 0.930. The molecule has 2 N–H and O–H groups in total. The molecule has 0 fully saturated rings. The summed E-state index contributed by atoms with van der Waals surface area (Å²) in [6.45, 7) is 0. The van der Waals surface area contributed by atoms with E-state index >= 15 is 0 Å². The van der Waals surface area contributed by atoms with Crippen LogP contribution in [0.15, 0.2) is 34.8 Å². The van der Waals surface area contributed by atoms with E-state index in [1.807, 2.05) is 0 Å². The molecule has 0 unspecified atom stereocenters. The third-order valence-electron chi connectivity index (χ3n) is 2.44. The maximum absolute atomic E-state index is 6.09. The molecule has 0 aliphatic rings. The zero-order valence-corrected chi connectivity index (χ0v) is 13.0. The van der Waals surface area contributed by atoms with Gasteiger partial charge in [0.2, 0.25) is 0 Å². The molecule has 19 heavy (non-hydrogen) atoms. The smallest absolute Gasteiger partial charge is 0.154 e. The molecule has 0 aliphatic heterocycles. The van der Waals surface area contributed by atoms with Gasteiger partial charge in [-0.05, 0) is 34.1 Å². The lowest BCUT2D eigenvalue weighted by Crippen LogP contribution is -1.96. The number of rotatable bonds is 3. The highest BCUT2D eigenvalue weighted by Gasteiger charge is 2.11.